The largest absolute Gasteiger partial charge is 0.464 e. The van der Waals surface area contributed by atoms with Crippen molar-refractivity contribution in [3.8, 4) is 0 Å². The fourth-order valence-electron chi connectivity index (χ4n) is 1.33. The molecule has 0 radical (unpaired) electrons. The summed E-state index contributed by atoms with van der Waals surface area (Å²) in [5, 5.41) is 1.72. The SMILES string of the molecule is CCOC(=O)[C@H](C)N(C(C)=O)c1cscn1. The molecule has 1 atom stereocenters. The molecule has 5 nitrogen and oxygen atoms in total. The van der Waals surface area contributed by atoms with Crippen LogP contribution in [0.4, 0.5) is 5.82 Å². The van der Waals surface area contributed by atoms with E-state index in [9.17, 15) is 9.59 Å². The summed E-state index contributed by atoms with van der Waals surface area (Å²) in [5.74, 6) is -0.171. The van der Waals surface area contributed by atoms with Crippen LogP contribution in [-0.2, 0) is 14.3 Å². The molecule has 6 heteroatoms. The Labute approximate surface area is 98.0 Å². The number of aromatic nitrogens is 1. The summed E-state index contributed by atoms with van der Waals surface area (Å²) >= 11 is 1.37. The van der Waals surface area contributed by atoms with Crippen LogP contribution in [0, 0.1) is 0 Å². The smallest absolute Gasteiger partial charge is 0.328 e. The zero-order chi connectivity index (χ0) is 12.1. The number of anilines is 1. The molecule has 0 N–H and O–H groups in total. The van der Waals surface area contributed by atoms with Crippen molar-refractivity contribution in [2.45, 2.75) is 26.8 Å². The molecule has 0 aromatic carbocycles. The number of amides is 1. The van der Waals surface area contributed by atoms with E-state index in [0.29, 0.717) is 12.4 Å². The van der Waals surface area contributed by atoms with Gasteiger partial charge in [0.15, 0.2) is 0 Å². The quantitative estimate of drug-likeness (QED) is 0.750. The second kappa shape index (κ2) is 5.60. The van der Waals surface area contributed by atoms with Gasteiger partial charge in [-0.1, -0.05) is 0 Å². The molecule has 0 bridgehead atoms. The van der Waals surface area contributed by atoms with Gasteiger partial charge >= 0.3 is 5.97 Å². The Balaban J connectivity index is 2.87. The molecular formula is C10H14N2O3S. The first-order chi connectivity index (χ1) is 7.57. The van der Waals surface area contributed by atoms with Gasteiger partial charge in [0, 0.05) is 12.3 Å². The van der Waals surface area contributed by atoms with Crippen LogP contribution in [0.15, 0.2) is 10.9 Å². The molecule has 0 aliphatic carbocycles. The molecule has 1 amide bonds. The van der Waals surface area contributed by atoms with Crippen molar-refractivity contribution in [3.05, 3.63) is 10.9 Å². The molecule has 88 valence electrons. The van der Waals surface area contributed by atoms with Crippen LogP contribution in [-0.4, -0.2) is 29.5 Å². The summed E-state index contributed by atoms with van der Waals surface area (Å²) in [5.41, 5.74) is 1.61. The van der Waals surface area contributed by atoms with Crippen LogP contribution in [0.1, 0.15) is 20.8 Å². The summed E-state index contributed by atoms with van der Waals surface area (Å²) in [7, 11) is 0. The Kier molecular flexibility index (Phi) is 4.42. The number of carbonyl (C=O) groups excluding carboxylic acids is 2. The number of rotatable bonds is 4. The Morgan fingerprint density at radius 3 is 2.75 bits per heavy atom. The lowest BCUT2D eigenvalue weighted by atomic mass is 10.3. The minimum Gasteiger partial charge on any atom is -0.464 e. The van der Waals surface area contributed by atoms with Gasteiger partial charge in [0.05, 0.1) is 12.1 Å². The number of thiazole rings is 1. The predicted octanol–water partition coefficient (Wildman–Crippen LogP) is 1.45. The number of carbonyl (C=O) groups is 2. The Morgan fingerprint density at radius 2 is 2.31 bits per heavy atom. The lowest BCUT2D eigenvalue weighted by Crippen LogP contribution is -2.43. The first-order valence-corrected chi connectivity index (χ1v) is 5.86. The summed E-state index contributed by atoms with van der Waals surface area (Å²) < 4.78 is 4.88. The van der Waals surface area contributed by atoms with Crippen LogP contribution >= 0.6 is 11.3 Å². The van der Waals surface area contributed by atoms with Gasteiger partial charge in [-0.05, 0) is 13.8 Å². The average Bonchev–Trinajstić information content (AvgIpc) is 2.71. The van der Waals surface area contributed by atoms with Crippen LogP contribution in [0.2, 0.25) is 0 Å². The molecule has 0 saturated heterocycles. The molecular weight excluding hydrogens is 228 g/mol. The van der Waals surface area contributed by atoms with Crippen molar-refractivity contribution in [1.82, 2.24) is 4.98 Å². The molecule has 16 heavy (non-hydrogen) atoms. The van der Waals surface area contributed by atoms with Crippen LogP contribution < -0.4 is 4.90 Å². The van der Waals surface area contributed by atoms with Gasteiger partial charge in [-0.15, -0.1) is 11.3 Å². The lowest BCUT2D eigenvalue weighted by molar-refractivity contribution is -0.145. The third-order valence-electron chi connectivity index (χ3n) is 2.02. The van der Waals surface area contributed by atoms with Gasteiger partial charge in [-0.2, -0.15) is 0 Å². The molecule has 0 fully saturated rings. The maximum absolute atomic E-state index is 11.5. The number of hydrogen-bond donors (Lipinski definition) is 0. The first kappa shape index (κ1) is 12.6. The summed E-state index contributed by atoms with van der Waals surface area (Å²) in [6, 6.07) is -0.653. The van der Waals surface area contributed by atoms with Crippen molar-refractivity contribution in [2.24, 2.45) is 0 Å². The van der Waals surface area contributed by atoms with Crippen molar-refractivity contribution in [3.63, 3.8) is 0 Å². The fourth-order valence-corrected chi connectivity index (χ4v) is 1.85. The van der Waals surface area contributed by atoms with E-state index in [0.717, 1.165) is 0 Å². The molecule has 0 aliphatic rings. The average molecular weight is 242 g/mol. The highest BCUT2D eigenvalue weighted by molar-refractivity contribution is 7.07. The van der Waals surface area contributed by atoms with E-state index in [1.165, 1.54) is 23.2 Å². The summed E-state index contributed by atoms with van der Waals surface area (Å²) in [4.78, 5) is 28.4. The topological polar surface area (TPSA) is 59.5 Å². The van der Waals surface area contributed by atoms with Crippen molar-refractivity contribution >= 4 is 29.0 Å². The van der Waals surface area contributed by atoms with Crippen LogP contribution in [0.25, 0.3) is 0 Å². The monoisotopic (exact) mass is 242 g/mol. The first-order valence-electron chi connectivity index (χ1n) is 4.92. The molecule has 0 spiro atoms. The Hall–Kier alpha value is -1.43. The van der Waals surface area contributed by atoms with E-state index in [-0.39, 0.29) is 5.91 Å². The predicted molar refractivity (Wildman–Crippen MR) is 61.4 cm³/mol. The van der Waals surface area contributed by atoms with Crippen LogP contribution in [0.5, 0.6) is 0 Å². The van der Waals surface area contributed by atoms with E-state index in [1.807, 2.05) is 0 Å². The molecule has 1 aromatic heterocycles. The number of ether oxygens (including phenoxy) is 1. The Bertz CT molecular complexity index is 364. The molecule has 1 aromatic rings. The second-order valence-electron chi connectivity index (χ2n) is 3.16. The zero-order valence-electron chi connectivity index (χ0n) is 9.47. The van der Waals surface area contributed by atoms with Gasteiger partial charge in [-0.3, -0.25) is 9.69 Å². The second-order valence-corrected chi connectivity index (χ2v) is 3.88. The fraction of sp³-hybridized carbons (Fsp3) is 0.500. The minimum atomic E-state index is -0.653. The van der Waals surface area contributed by atoms with Crippen molar-refractivity contribution < 1.29 is 14.3 Å². The molecule has 0 saturated carbocycles. The highest BCUT2D eigenvalue weighted by Crippen LogP contribution is 2.17. The van der Waals surface area contributed by atoms with E-state index in [4.69, 9.17) is 4.74 Å². The zero-order valence-corrected chi connectivity index (χ0v) is 10.3. The molecule has 0 unspecified atom stereocenters. The summed E-state index contributed by atoms with van der Waals surface area (Å²) in [6.45, 7) is 5.05. The number of nitrogens with zero attached hydrogens (tertiary/aromatic N) is 2. The van der Waals surface area contributed by atoms with Crippen LogP contribution in [0.3, 0.4) is 0 Å². The van der Waals surface area contributed by atoms with Gasteiger partial charge in [0.2, 0.25) is 5.91 Å². The van der Waals surface area contributed by atoms with E-state index in [2.05, 4.69) is 4.98 Å². The third-order valence-corrected chi connectivity index (χ3v) is 2.59. The van der Waals surface area contributed by atoms with Crippen molar-refractivity contribution in [1.29, 1.82) is 0 Å². The van der Waals surface area contributed by atoms with Gasteiger partial charge in [0.1, 0.15) is 11.9 Å². The van der Waals surface area contributed by atoms with E-state index < -0.39 is 12.0 Å². The number of esters is 1. The Morgan fingerprint density at radius 1 is 1.62 bits per heavy atom. The standard InChI is InChI=1S/C10H14N2O3S/c1-4-15-10(14)7(2)12(8(3)13)9-5-16-6-11-9/h5-7H,4H2,1-3H3/t7-/m0/s1. The highest BCUT2D eigenvalue weighted by Gasteiger charge is 2.27. The van der Waals surface area contributed by atoms with Gasteiger partial charge < -0.3 is 4.74 Å². The maximum atomic E-state index is 11.5. The third kappa shape index (κ3) is 2.79. The normalized spacial score (nSPS) is 11.9. The number of hydrogen-bond acceptors (Lipinski definition) is 5. The molecule has 1 heterocycles. The van der Waals surface area contributed by atoms with E-state index in [1.54, 1.807) is 24.7 Å². The van der Waals surface area contributed by atoms with Crippen molar-refractivity contribution in [2.75, 3.05) is 11.5 Å². The maximum Gasteiger partial charge on any atom is 0.328 e. The molecule has 0 aliphatic heterocycles. The van der Waals surface area contributed by atoms with Gasteiger partial charge in [0.25, 0.3) is 0 Å². The van der Waals surface area contributed by atoms with E-state index >= 15 is 0 Å². The molecule has 1 rings (SSSR count). The van der Waals surface area contributed by atoms with Gasteiger partial charge in [-0.25, -0.2) is 9.78 Å². The lowest BCUT2D eigenvalue weighted by Gasteiger charge is -2.24. The summed E-state index contributed by atoms with van der Waals surface area (Å²) in [6.07, 6.45) is 0. The highest BCUT2D eigenvalue weighted by atomic mass is 32.1. The minimum absolute atomic E-state index is 0.230.